The molecular formula is C19H21N5O9. The predicted molar refractivity (Wildman–Crippen MR) is 115 cm³/mol. The Kier molecular flexibility index (Phi) is 8.17. The van der Waals surface area contributed by atoms with Crippen LogP contribution < -0.4 is 10.5 Å². The van der Waals surface area contributed by atoms with E-state index in [0.717, 1.165) is 19.2 Å². The van der Waals surface area contributed by atoms with E-state index in [4.69, 9.17) is 15.2 Å². The molecule has 0 unspecified atom stereocenters. The van der Waals surface area contributed by atoms with Crippen molar-refractivity contribution in [3.05, 3.63) is 66.2 Å². The van der Waals surface area contributed by atoms with Gasteiger partial charge in [0.25, 0.3) is 11.4 Å². The molecule has 176 valence electrons. The molecule has 0 aromatic heterocycles. The summed E-state index contributed by atoms with van der Waals surface area (Å²) in [6.45, 7) is 5.89. The van der Waals surface area contributed by atoms with Crippen LogP contribution in [0.15, 0.2) is 30.3 Å². The SMILES string of the molecule is CCN(CC)CCOC(=O)c1ccc(N)cc1Oc1c([N+](=O)[O-])cc([N+](=O)[O-])cc1[N+](=O)[O-]. The molecule has 0 spiro atoms. The van der Waals surface area contributed by atoms with Crippen molar-refractivity contribution in [3.8, 4) is 11.5 Å². The van der Waals surface area contributed by atoms with Crippen molar-refractivity contribution in [2.45, 2.75) is 13.8 Å². The monoisotopic (exact) mass is 463 g/mol. The van der Waals surface area contributed by atoms with Crippen LogP contribution in [0.25, 0.3) is 0 Å². The normalized spacial score (nSPS) is 10.6. The van der Waals surface area contributed by atoms with Crippen LogP contribution in [0.3, 0.4) is 0 Å². The van der Waals surface area contributed by atoms with Crippen molar-refractivity contribution < 1.29 is 29.0 Å². The number of carbonyl (C=O) groups excluding carboxylic acids is 1. The molecule has 0 aliphatic heterocycles. The Balaban J connectivity index is 2.48. The highest BCUT2D eigenvalue weighted by atomic mass is 16.6. The number of nitro benzene ring substituents is 3. The van der Waals surface area contributed by atoms with Gasteiger partial charge in [0.2, 0.25) is 0 Å². The van der Waals surface area contributed by atoms with Crippen LogP contribution in [-0.4, -0.2) is 51.9 Å². The Morgan fingerprint density at radius 2 is 1.55 bits per heavy atom. The van der Waals surface area contributed by atoms with Crippen LogP contribution in [0.5, 0.6) is 11.5 Å². The van der Waals surface area contributed by atoms with E-state index in [1.54, 1.807) is 0 Å². The highest BCUT2D eigenvalue weighted by Gasteiger charge is 2.33. The molecule has 0 saturated heterocycles. The molecule has 0 saturated carbocycles. The summed E-state index contributed by atoms with van der Waals surface area (Å²) >= 11 is 0. The van der Waals surface area contributed by atoms with Gasteiger partial charge in [-0.3, -0.25) is 30.3 Å². The van der Waals surface area contributed by atoms with Gasteiger partial charge in [-0.25, -0.2) is 4.79 Å². The molecule has 0 fully saturated rings. The van der Waals surface area contributed by atoms with Crippen LogP contribution in [0, 0.1) is 30.3 Å². The smallest absolute Gasteiger partial charge is 0.341 e. The minimum atomic E-state index is -1.07. The van der Waals surface area contributed by atoms with Gasteiger partial charge in [-0.05, 0) is 25.2 Å². The molecule has 0 heterocycles. The topological polar surface area (TPSA) is 194 Å². The van der Waals surface area contributed by atoms with Crippen LogP contribution in [0.1, 0.15) is 24.2 Å². The molecule has 0 radical (unpaired) electrons. The molecular weight excluding hydrogens is 442 g/mol. The fourth-order valence-electron chi connectivity index (χ4n) is 2.85. The highest BCUT2D eigenvalue weighted by molar-refractivity contribution is 5.93. The second-order valence-electron chi connectivity index (χ2n) is 6.60. The summed E-state index contributed by atoms with van der Waals surface area (Å²) < 4.78 is 10.6. The molecule has 14 nitrogen and oxygen atoms in total. The number of nitrogens with zero attached hydrogens (tertiary/aromatic N) is 4. The minimum Gasteiger partial charge on any atom is -0.461 e. The molecule has 0 aliphatic rings. The van der Waals surface area contributed by atoms with E-state index in [1.165, 1.54) is 12.1 Å². The molecule has 2 N–H and O–H groups in total. The first-order valence-electron chi connectivity index (χ1n) is 9.67. The number of anilines is 1. The lowest BCUT2D eigenvalue weighted by Gasteiger charge is -2.18. The number of likely N-dealkylation sites (N-methyl/N-ethyl adjacent to an activating group) is 1. The lowest BCUT2D eigenvalue weighted by atomic mass is 10.1. The summed E-state index contributed by atoms with van der Waals surface area (Å²) in [5.41, 5.74) is 2.70. The maximum Gasteiger partial charge on any atom is 0.341 e. The van der Waals surface area contributed by atoms with E-state index < -0.39 is 43.6 Å². The molecule has 0 atom stereocenters. The van der Waals surface area contributed by atoms with Crippen LogP contribution >= 0.6 is 0 Å². The van der Waals surface area contributed by atoms with E-state index in [0.29, 0.717) is 18.7 Å². The first kappa shape index (κ1) is 24.9. The molecule has 0 bridgehead atoms. The summed E-state index contributed by atoms with van der Waals surface area (Å²) in [6, 6.07) is 4.78. The third-order valence-electron chi connectivity index (χ3n) is 4.61. The van der Waals surface area contributed by atoms with Crippen LogP contribution in [0.2, 0.25) is 0 Å². The minimum absolute atomic E-state index is 0.0438. The van der Waals surface area contributed by atoms with Gasteiger partial charge in [-0.2, -0.15) is 0 Å². The second-order valence-corrected chi connectivity index (χ2v) is 6.60. The number of ether oxygens (including phenoxy) is 2. The second kappa shape index (κ2) is 10.8. The van der Waals surface area contributed by atoms with Gasteiger partial charge in [-0.1, -0.05) is 13.8 Å². The van der Waals surface area contributed by atoms with Gasteiger partial charge in [0.15, 0.2) is 0 Å². The molecule has 2 aromatic rings. The van der Waals surface area contributed by atoms with E-state index >= 15 is 0 Å². The van der Waals surface area contributed by atoms with Gasteiger partial charge < -0.3 is 20.1 Å². The largest absolute Gasteiger partial charge is 0.461 e. The number of hydrogen-bond donors (Lipinski definition) is 1. The van der Waals surface area contributed by atoms with E-state index in [1.807, 2.05) is 18.7 Å². The third-order valence-corrected chi connectivity index (χ3v) is 4.61. The number of esters is 1. The highest BCUT2D eigenvalue weighted by Crippen LogP contribution is 2.43. The summed E-state index contributed by atoms with van der Waals surface area (Å²) in [7, 11) is 0. The van der Waals surface area contributed by atoms with Crippen molar-refractivity contribution in [2.24, 2.45) is 0 Å². The fourth-order valence-corrected chi connectivity index (χ4v) is 2.85. The third kappa shape index (κ3) is 6.10. The van der Waals surface area contributed by atoms with Gasteiger partial charge in [-0.15, -0.1) is 0 Å². The Morgan fingerprint density at radius 3 is 2.03 bits per heavy atom. The van der Waals surface area contributed by atoms with Crippen LogP contribution in [0.4, 0.5) is 22.7 Å². The maximum absolute atomic E-state index is 12.6. The van der Waals surface area contributed by atoms with Crippen molar-refractivity contribution in [1.29, 1.82) is 0 Å². The average molecular weight is 463 g/mol. The first-order valence-corrected chi connectivity index (χ1v) is 9.67. The fraction of sp³-hybridized carbons (Fsp3) is 0.316. The quantitative estimate of drug-likeness (QED) is 0.222. The molecule has 0 aliphatic carbocycles. The predicted octanol–water partition coefficient (Wildman–Crippen LogP) is 3.28. The van der Waals surface area contributed by atoms with Gasteiger partial charge >= 0.3 is 17.3 Å². The summed E-state index contributed by atoms with van der Waals surface area (Å²) in [5.74, 6) is -2.08. The molecule has 2 rings (SSSR count). The number of nitrogens with two attached hydrogens (primary N) is 1. The summed E-state index contributed by atoms with van der Waals surface area (Å²) in [6.07, 6.45) is 0. The molecule has 14 heteroatoms. The van der Waals surface area contributed by atoms with Crippen LogP contribution in [-0.2, 0) is 4.74 Å². The van der Waals surface area contributed by atoms with Gasteiger partial charge in [0.05, 0.1) is 26.9 Å². The van der Waals surface area contributed by atoms with E-state index in [9.17, 15) is 35.1 Å². The molecule has 0 amide bonds. The number of nitrogen functional groups attached to an aromatic ring is 1. The van der Waals surface area contributed by atoms with E-state index in [2.05, 4.69) is 0 Å². The lowest BCUT2D eigenvalue weighted by molar-refractivity contribution is -0.404. The van der Waals surface area contributed by atoms with Crippen molar-refractivity contribution in [1.82, 2.24) is 4.90 Å². The number of carbonyl (C=O) groups is 1. The average Bonchev–Trinajstić information content (AvgIpc) is 2.76. The Morgan fingerprint density at radius 1 is 0.970 bits per heavy atom. The van der Waals surface area contributed by atoms with Gasteiger partial charge in [0, 0.05) is 18.3 Å². The zero-order chi connectivity index (χ0) is 24.7. The Hall–Kier alpha value is -4.33. The summed E-state index contributed by atoms with van der Waals surface area (Å²) in [5, 5.41) is 34.0. The van der Waals surface area contributed by atoms with E-state index in [-0.39, 0.29) is 23.6 Å². The lowest BCUT2D eigenvalue weighted by Crippen LogP contribution is -2.28. The number of non-ortho nitro benzene ring substituents is 1. The van der Waals surface area contributed by atoms with Crippen molar-refractivity contribution in [2.75, 3.05) is 32.0 Å². The summed E-state index contributed by atoms with van der Waals surface area (Å²) in [4.78, 5) is 45.4. The number of nitro groups is 3. The molecule has 33 heavy (non-hydrogen) atoms. The number of rotatable bonds is 11. The van der Waals surface area contributed by atoms with Crippen molar-refractivity contribution >= 4 is 28.7 Å². The standard InChI is InChI=1S/C19H21N5O9/c1-3-21(4-2)7-8-32-19(25)14-6-5-12(20)9-17(14)33-18-15(23(28)29)10-13(22(26)27)11-16(18)24(30)31/h5-6,9-11H,3-4,7-8,20H2,1-2H3. The first-order chi connectivity index (χ1) is 15.6. The number of benzene rings is 2. The Labute approximate surface area is 186 Å². The number of hydrogen-bond acceptors (Lipinski definition) is 11. The zero-order valence-corrected chi connectivity index (χ0v) is 17.8. The Bertz CT molecular complexity index is 1050. The van der Waals surface area contributed by atoms with Crippen molar-refractivity contribution in [3.63, 3.8) is 0 Å². The maximum atomic E-state index is 12.6. The zero-order valence-electron chi connectivity index (χ0n) is 17.8. The van der Waals surface area contributed by atoms with Gasteiger partial charge in [0.1, 0.15) is 17.9 Å². The molecule has 2 aromatic carbocycles.